The lowest BCUT2D eigenvalue weighted by Crippen LogP contribution is -2.58. The van der Waals surface area contributed by atoms with Gasteiger partial charge in [-0.15, -0.1) is 0 Å². The van der Waals surface area contributed by atoms with Crippen molar-refractivity contribution in [3.63, 3.8) is 0 Å². The number of Topliss-reactive ketones (excluding diaryl/α,β-unsaturated/α-hetero) is 2. The number of ether oxygens (including phenoxy) is 3. The highest BCUT2D eigenvalue weighted by molar-refractivity contribution is 6.23. The predicted octanol–water partition coefficient (Wildman–Crippen LogP) is 4.05. The molecule has 0 radical (unpaired) electrons. The SMILES string of the molecule is O=C(c1ccccc1)C1(C(=O)c2ccccc2)O[C@@H](c2ccccc2)[C@H]2OCCO[C@H]21. The fourth-order valence-corrected chi connectivity index (χ4v) is 4.45. The zero-order valence-electron chi connectivity index (χ0n) is 16.8. The van der Waals surface area contributed by atoms with Crippen molar-refractivity contribution in [1.82, 2.24) is 0 Å². The molecule has 0 spiro atoms. The van der Waals surface area contributed by atoms with Crippen LogP contribution in [0, 0.1) is 0 Å². The summed E-state index contributed by atoms with van der Waals surface area (Å²) in [6.07, 6.45) is -2.03. The Labute approximate surface area is 180 Å². The molecule has 0 unspecified atom stereocenters. The van der Waals surface area contributed by atoms with Crippen LogP contribution >= 0.6 is 0 Å². The maximum absolute atomic E-state index is 13.9. The van der Waals surface area contributed by atoms with Crippen LogP contribution in [0.1, 0.15) is 32.4 Å². The van der Waals surface area contributed by atoms with Crippen LogP contribution in [-0.2, 0) is 14.2 Å². The summed E-state index contributed by atoms with van der Waals surface area (Å²) in [5.41, 5.74) is -0.206. The van der Waals surface area contributed by atoms with E-state index in [1.165, 1.54) is 0 Å². The highest BCUT2D eigenvalue weighted by Crippen LogP contribution is 2.47. The first-order chi connectivity index (χ1) is 15.2. The van der Waals surface area contributed by atoms with Crippen LogP contribution < -0.4 is 0 Å². The van der Waals surface area contributed by atoms with Crippen LogP contribution in [-0.4, -0.2) is 42.6 Å². The maximum Gasteiger partial charge on any atom is 0.223 e. The number of hydrogen-bond acceptors (Lipinski definition) is 5. The van der Waals surface area contributed by atoms with Gasteiger partial charge in [0.1, 0.15) is 18.3 Å². The minimum absolute atomic E-state index is 0.290. The summed E-state index contributed by atoms with van der Waals surface area (Å²) < 4.78 is 18.6. The Morgan fingerprint density at radius 1 is 0.677 bits per heavy atom. The Morgan fingerprint density at radius 2 is 1.16 bits per heavy atom. The van der Waals surface area contributed by atoms with Crippen molar-refractivity contribution >= 4 is 11.6 Å². The number of carbonyl (C=O) groups excluding carboxylic acids is 2. The molecule has 3 aromatic rings. The van der Waals surface area contributed by atoms with Crippen molar-refractivity contribution in [1.29, 1.82) is 0 Å². The topological polar surface area (TPSA) is 61.8 Å². The Hall–Kier alpha value is -3.12. The third-order valence-electron chi connectivity index (χ3n) is 5.88. The summed E-state index contributed by atoms with van der Waals surface area (Å²) in [6.45, 7) is 0.668. The Morgan fingerprint density at radius 3 is 1.71 bits per heavy atom. The van der Waals surface area contributed by atoms with E-state index in [1.54, 1.807) is 48.5 Å². The zero-order valence-corrected chi connectivity index (χ0v) is 16.8. The van der Waals surface area contributed by atoms with E-state index in [4.69, 9.17) is 14.2 Å². The summed E-state index contributed by atoms with van der Waals surface area (Å²) in [4.78, 5) is 27.9. The largest absolute Gasteiger partial charge is 0.370 e. The molecule has 2 fully saturated rings. The second-order valence-electron chi connectivity index (χ2n) is 7.70. The summed E-state index contributed by atoms with van der Waals surface area (Å²) in [7, 11) is 0. The van der Waals surface area contributed by atoms with Crippen LogP contribution in [0.3, 0.4) is 0 Å². The first-order valence-corrected chi connectivity index (χ1v) is 10.4. The molecule has 0 bridgehead atoms. The van der Waals surface area contributed by atoms with E-state index in [9.17, 15) is 9.59 Å². The molecule has 0 N–H and O–H groups in total. The molecule has 2 aliphatic heterocycles. The summed E-state index contributed by atoms with van der Waals surface area (Å²) in [6, 6.07) is 27.0. The van der Waals surface area contributed by atoms with E-state index in [1.807, 2.05) is 42.5 Å². The molecule has 5 nitrogen and oxygen atoms in total. The Kier molecular flexibility index (Phi) is 5.24. The number of rotatable bonds is 5. The molecule has 5 heteroatoms. The van der Waals surface area contributed by atoms with Gasteiger partial charge in [-0.1, -0.05) is 91.0 Å². The van der Waals surface area contributed by atoms with Gasteiger partial charge in [0.05, 0.1) is 13.2 Å². The highest BCUT2D eigenvalue weighted by atomic mass is 16.6. The monoisotopic (exact) mass is 414 g/mol. The Bertz CT molecular complexity index is 1010. The summed E-state index contributed by atoms with van der Waals surface area (Å²) >= 11 is 0. The van der Waals surface area contributed by atoms with Gasteiger partial charge in [0.15, 0.2) is 0 Å². The van der Waals surface area contributed by atoms with Gasteiger partial charge < -0.3 is 14.2 Å². The van der Waals surface area contributed by atoms with Gasteiger partial charge in [0.2, 0.25) is 17.2 Å². The molecule has 31 heavy (non-hydrogen) atoms. The predicted molar refractivity (Wildman–Crippen MR) is 114 cm³/mol. The molecule has 5 rings (SSSR count). The molecule has 3 aromatic carbocycles. The molecule has 0 aromatic heterocycles. The number of carbonyl (C=O) groups is 2. The smallest absolute Gasteiger partial charge is 0.223 e. The van der Waals surface area contributed by atoms with Crippen LogP contribution in [0.4, 0.5) is 0 Å². The lowest BCUT2D eigenvalue weighted by atomic mass is 9.80. The van der Waals surface area contributed by atoms with Crippen molar-refractivity contribution in [3.05, 3.63) is 108 Å². The maximum atomic E-state index is 13.9. The zero-order chi connectivity index (χ0) is 21.3. The third kappa shape index (κ3) is 3.31. The van der Waals surface area contributed by atoms with Crippen molar-refractivity contribution in [2.24, 2.45) is 0 Å². The lowest BCUT2D eigenvalue weighted by molar-refractivity contribution is -0.137. The van der Waals surface area contributed by atoms with Crippen molar-refractivity contribution in [2.75, 3.05) is 13.2 Å². The Balaban J connectivity index is 1.67. The first kappa shape index (κ1) is 19.8. The summed E-state index contributed by atoms with van der Waals surface area (Å²) in [5, 5.41) is 0. The number of benzene rings is 3. The molecule has 2 aliphatic rings. The van der Waals surface area contributed by atoms with Gasteiger partial charge in [-0.25, -0.2) is 0 Å². The molecule has 2 saturated heterocycles. The average molecular weight is 414 g/mol. The van der Waals surface area contributed by atoms with E-state index in [0.717, 1.165) is 5.56 Å². The molecular weight excluding hydrogens is 392 g/mol. The van der Waals surface area contributed by atoms with E-state index in [2.05, 4.69) is 0 Å². The minimum Gasteiger partial charge on any atom is -0.370 e. The highest BCUT2D eigenvalue weighted by Gasteiger charge is 2.66. The van der Waals surface area contributed by atoms with Crippen molar-refractivity contribution < 1.29 is 23.8 Å². The lowest BCUT2D eigenvalue weighted by Gasteiger charge is -2.35. The van der Waals surface area contributed by atoms with E-state index in [-0.39, 0.29) is 6.61 Å². The van der Waals surface area contributed by atoms with Crippen LogP contribution in [0.5, 0.6) is 0 Å². The molecular formula is C26H22O5. The number of fused-ring (bicyclic) bond motifs is 1. The van der Waals surface area contributed by atoms with Gasteiger partial charge >= 0.3 is 0 Å². The van der Waals surface area contributed by atoms with Gasteiger partial charge in [0, 0.05) is 11.1 Å². The second kappa shape index (κ2) is 8.19. The average Bonchev–Trinajstić information content (AvgIpc) is 3.21. The van der Waals surface area contributed by atoms with Gasteiger partial charge in [-0.2, -0.15) is 0 Å². The first-order valence-electron chi connectivity index (χ1n) is 10.4. The fraction of sp³-hybridized carbons (Fsp3) is 0.231. The molecule has 156 valence electrons. The standard InChI is InChI=1S/C26H22O5/c27-23(19-12-6-2-7-13-19)26(24(28)20-14-8-3-9-15-20)25-22(29-16-17-30-25)21(31-26)18-10-4-1-5-11-18/h1-15,21-22,25H,16-17H2/t21-,22+,25+/m0/s1. The molecule has 0 saturated carbocycles. The van der Waals surface area contributed by atoms with Crippen LogP contribution in [0.15, 0.2) is 91.0 Å². The third-order valence-corrected chi connectivity index (χ3v) is 5.88. The molecule has 0 amide bonds. The van der Waals surface area contributed by atoms with Crippen LogP contribution in [0.25, 0.3) is 0 Å². The number of hydrogen-bond donors (Lipinski definition) is 0. The minimum atomic E-state index is -1.84. The van der Waals surface area contributed by atoms with Crippen LogP contribution in [0.2, 0.25) is 0 Å². The summed E-state index contributed by atoms with van der Waals surface area (Å²) in [5.74, 6) is -0.832. The van der Waals surface area contributed by atoms with Gasteiger partial charge in [-0.3, -0.25) is 9.59 Å². The van der Waals surface area contributed by atoms with Gasteiger partial charge in [-0.05, 0) is 5.56 Å². The van der Waals surface area contributed by atoms with Crippen molar-refractivity contribution in [2.45, 2.75) is 23.9 Å². The van der Waals surface area contributed by atoms with Gasteiger partial charge in [0.25, 0.3) is 0 Å². The van der Waals surface area contributed by atoms with E-state index in [0.29, 0.717) is 17.7 Å². The quantitative estimate of drug-likeness (QED) is 0.466. The van der Waals surface area contributed by atoms with Crippen molar-refractivity contribution in [3.8, 4) is 0 Å². The number of ketones is 2. The molecule has 2 heterocycles. The normalized spacial score (nSPS) is 24.3. The molecule has 0 aliphatic carbocycles. The van der Waals surface area contributed by atoms with E-state index >= 15 is 0 Å². The van der Waals surface area contributed by atoms with E-state index < -0.39 is 35.5 Å². The fourth-order valence-electron chi connectivity index (χ4n) is 4.45. The second-order valence-corrected chi connectivity index (χ2v) is 7.70. The molecule has 3 atom stereocenters.